The molecule has 35 atom stereocenters. The Morgan fingerprint density at radius 3 is 1.79 bits per heavy atom. The summed E-state index contributed by atoms with van der Waals surface area (Å²) in [5.41, 5.74) is -0.751. The molecule has 0 aromatic rings. The third-order valence-electron chi connectivity index (χ3n) is 21.6. The number of aliphatic hydroxyl groups excluding tert-OH is 13. The van der Waals surface area contributed by atoms with Crippen molar-refractivity contribution in [1.29, 1.82) is 0 Å². The summed E-state index contributed by atoms with van der Waals surface area (Å²) < 4.78 is 74.5. The summed E-state index contributed by atoms with van der Waals surface area (Å²) in [6.45, 7) is 8.12. The number of carbonyl (C=O) groups is 1. The van der Waals surface area contributed by atoms with Crippen molar-refractivity contribution in [2.24, 2.45) is 52.3 Å². The molecule has 0 radical (unpaired) electrons. The SMILES string of the molecule is C[C@H]1CC[C@@]2(OC1)O[C@H]1C[C@H]3[C@@H]4CC[C@H]5C[C@@H](O[C@@H]6O[C@H](CO)[C@H](O[C@@H]7O[C@H](CO)[C@@H](O)[C@H](O[C@@H]8OC[C@@H](O)[C@H](O)[C@H]8O)[C@H]7O[C@@H]7OC[C@@H](O)[C@H](O)[C@H]7O)[C@H](O)[C@H]6O[C@@H]6O[C@@H](C)[C@H](O)[C@@H](O)[C@H]6O)CC[C@]5(C)[C@H]4CC(=O)[C@]3(C)[C@H]1[C@@H]2C. The highest BCUT2D eigenvalue weighted by atomic mass is 16.8. The fourth-order valence-electron chi connectivity index (χ4n) is 16.7. The molecule has 11 aliphatic rings. The number of hydrogen-bond donors (Lipinski definition) is 13. The van der Waals surface area contributed by atoms with E-state index < -0.39 is 185 Å². The first-order chi connectivity index (χ1) is 38.4. The zero-order valence-electron chi connectivity index (χ0n) is 46.5. The van der Waals surface area contributed by atoms with E-state index in [1.807, 2.05) is 0 Å². The fourth-order valence-corrected chi connectivity index (χ4v) is 16.7. The zero-order chi connectivity index (χ0) is 57.9. The molecular weight excluding hydrogens is 1080 g/mol. The molecule has 11 rings (SSSR count). The summed E-state index contributed by atoms with van der Waals surface area (Å²) >= 11 is 0. The van der Waals surface area contributed by atoms with E-state index in [-0.39, 0.29) is 41.1 Å². The van der Waals surface area contributed by atoms with Crippen LogP contribution in [0.3, 0.4) is 0 Å². The van der Waals surface area contributed by atoms with Gasteiger partial charge in [-0.3, -0.25) is 4.79 Å². The molecular formula is C55H88O26. The Balaban J connectivity index is 0.837. The van der Waals surface area contributed by atoms with Crippen molar-refractivity contribution in [3.8, 4) is 0 Å². The molecule has 0 aromatic heterocycles. The first kappa shape index (κ1) is 61.3. The Bertz CT molecular complexity index is 2160. The van der Waals surface area contributed by atoms with E-state index in [0.717, 1.165) is 32.1 Å². The average molecular weight is 1170 g/mol. The van der Waals surface area contributed by atoms with Crippen molar-refractivity contribution in [2.75, 3.05) is 33.0 Å². The lowest BCUT2D eigenvalue weighted by Gasteiger charge is -2.61. The van der Waals surface area contributed by atoms with Crippen LogP contribution >= 0.6 is 0 Å². The van der Waals surface area contributed by atoms with Gasteiger partial charge in [-0.25, -0.2) is 0 Å². The van der Waals surface area contributed by atoms with E-state index in [1.165, 1.54) is 6.92 Å². The Labute approximate surface area is 469 Å². The van der Waals surface area contributed by atoms with Gasteiger partial charge in [0.25, 0.3) is 0 Å². The molecule has 26 nitrogen and oxygen atoms in total. The third-order valence-corrected chi connectivity index (χ3v) is 21.6. The van der Waals surface area contributed by atoms with Gasteiger partial charge in [0.05, 0.1) is 51.3 Å². The van der Waals surface area contributed by atoms with Gasteiger partial charge in [-0.2, -0.15) is 0 Å². The van der Waals surface area contributed by atoms with Gasteiger partial charge < -0.3 is 123 Å². The van der Waals surface area contributed by atoms with Gasteiger partial charge in [0.15, 0.2) is 37.2 Å². The highest BCUT2D eigenvalue weighted by molar-refractivity contribution is 5.87. The average Bonchev–Trinajstić information content (AvgIpc) is 3.61. The maximum atomic E-state index is 14.9. The molecule has 4 saturated carbocycles. The van der Waals surface area contributed by atoms with E-state index in [1.54, 1.807) is 0 Å². The maximum absolute atomic E-state index is 14.9. The Morgan fingerprint density at radius 1 is 0.543 bits per heavy atom. The molecule has 0 aromatic carbocycles. The highest BCUT2D eigenvalue weighted by Gasteiger charge is 2.72. The Hall–Kier alpha value is -1.33. The predicted octanol–water partition coefficient (Wildman–Crippen LogP) is -3.60. The largest absolute Gasteiger partial charge is 0.394 e. The van der Waals surface area contributed by atoms with Crippen LogP contribution in [0, 0.1) is 52.3 Å². The second-order valence-corrected chi connectivity index (χ2v) is 26.1. The molecule has 7 saturated heterocycles. The van der Waals surface area contributed by atoms with Crippen molar-refractivity contribution < 1.29 is 128 Å². The van der Waals surface area contributed by atoms with Crippen LogP contribution in [0.25, 0.3) is 0 Å². The number of aliphatic hydroxyl groups is 13. The molecule has 0 bridgehead atoms. The summed E-state index contributed by atoms with van der Waals surface area (Å²) in [7, 11) is 0. The second-order valence-electron chi connectivity index (χ2n) is 26.1. The third kappa shape index (κ3) is 10.6. The first-order valence-electron chi connectivity index (χ1n) is 29.5. The van der Waals surface area contributed by atoms with Crippen LogP contribution in [-0.2, 0) is 61.6 Å². The van der Waals surface area contributed by atoms with Crippen molar-refractivity contribution in [1.82, 2.24) is 0 Å². The molecule has 7 aliphatic heterocycles. The van der Waals surface area contributed by atoms with E-state index in [2.05, 4.69) is 27.7 Å². The van der Waals surface area contributed by atoms with E-state index >= 15 is 0 Å². The summed E-state index contributed by atoms with van der Waals surface area (Å²) in [4.78, 5) is 14.9. The lowest BCUT2D eigenvalue weighted by atomic mass is 9.44. The number of hydrogen-bond acceptors (Lipinski definition) is 26. The summed E-state index contributed by atoms with van der Waals surface area (Å²) in [5, 5.41) is 142. The molecule has 4 aliphatic carbocycles. The fraction of sp³-hybridized carbons (Fsp3) is 0.982. The summed E-state index contributed by atoms with van der Waals surface area (Å²) in [6, 6.07) is 0. The molecule has 11 fully saturated rings. The van der Waals surface area contributed by atoms with Crippen LogP contribution in [0.1, 0.15) is 92.4 Å². The van der Waals surface area contributed by atoms with Gasteiger partial charge in [-0.05, 0) is 86.9 Å². The van der Waals surface area contributed by atoms with Gasteiger partial charge in [0.2, 0.25) is 0 Å². The lowest BCUT2D eigenvalue weighted by molar-refractivity contribution is -0.408. The second kappa shape index (κ2) is 23.6. The standard InChI is InChI=1S/C55H88O26/c1-20-8-11-55(72-17-20)21(2)34-30(81-55)13-27-25-7-6-23-12-24(9-10-53(23,4)26(25)14-33(60)54(27,34)5)74-51-46(79-50-42(68)39(65)35(61)22(3)73-50)43(69)44(32(16-57)76-51)77-52-47(80-49-41(67)37(63)29(59)19-71-49)45(38(64)31(15-56)75-52)78-48-40(66)36(62)28(58)18-70-48/h20-32,34-52,56-59,61-69H,6-19H2,1-5H3/t20-,21-,22-,23-,24-,25+,26-,27-,28+,29+,30-,31+,32+,34-,35-,36-,37-,38+,39+,40+,41+,42+,43-,44-,45-,46+,47+,48-,49-,50-,51+,52-,53-,54+,55+/m0/s1. The monoisotopic (exact) mass is 1160 g/mol. The minimum Gasteiger partial charge on any atom is -0.394 e. The van der Waals surface area contributed by atoms with Gasteiger partial charge >= 0.3 is 0 Å². The van der Waals surface area contributed by atoms with Crippen molar-refractivity contribution in [2.45, 2.75) is 252 Å². The van der Waals surface area contributed by atoms with Crippen molar-refractivity contribution in [3.05, 3.63) is 0 Å². The summed E-state index contributed by atoms with van der Waals surface area (Å²) in [5.74, 6) is 0.997. The number of ether oxygens (including phenoxy) is 12. The van der Waals surface area contributed by atoms with E-state index in [0.29, 0.717) is 49.9 Å². The lowest BCUT2D eigenvalue weighted by Crippen LogP contribution is -2.68. The molecule has 1 spiro atoms. The number of Topliss-reactive ketones (excluding diaryl/α,β-unsaturated/α-hetero) is 1. The van der Waals surface area contributed by atoms with Crippen LogP contribution < -0.4 is 0 Å². The number of fused-ring (bicyclic) bond motifs is 7. The van der Waals surface area contributed by atoms with Gasteiger partial charge in [0.1, 0.15) is 110 Å². The van der Waals surface area contributed by atoms with Gasteiger partial charge in [0, 0.05) is 30.1 Å². The van der Waals surface area contributed by atoms with E-state index in [9.17, 15) is 71.2 Å². The normalized spacial score (nSPS) is 57.6. The smallest absolute Gasteiger partial charge is 0.187 e. The molecule has 0 unspecified atom stereocenters. The molecule has 0 amide bonds. The Morgan fingerprint density at radius 2 is 1.15 bits per heavy atom. The van der Waals surface area contributed by atoms with Gasteiger partial charge in [-0.15, -0.1) is 0 Å². The van der Waals surface area contributed by atoms with Crippen LogP contribution in [0.15, 0.2) is 0 Å². The zero-order valence-corrected chi connectivity index (χ0v) is 46.5. The van der Waals surface area contributed by atoms with Crippen LogP contribution in [-0.4, -0.2) is 265 Å². The van der Waals surface area contributed by atoms with Crippen molar-refractivity contribution >= 4 is 5.78 Å². The Kier molecular flexibility index (Phi) is 17.9. The minimum atomic E-state index is -1.95. The van der Waals surface area contributed by atoms with Crippen molar-refractivity contribution in [3.63, 3.8) is 0 Å². The minimum absolute atomic E-state index is 0.0489. The van der Waals surface area contributed by atoms with Crippen LogP contribution in [0.4, 0.5) is 0 Å². The topological polar surface area (TPSA) is 391 Å². The summed E-state index contributed by atoms with van der Waals surface area (Å²) in [6.07, 6.45) is -33.6. The number of carbonyl (C=O) groups excluding carboxylic acids is 1. The van der Waals surface area contributed by atoms with Gasteiger partial charge in [-0.1, -0.05) is 27.7 Å². The highest BCUT2D eigenvalue weighted by Crippen LogP contribution is 2.70. The van der Waals surface area contributed by atoms with E-state index in [4.69, 9.17) is 56.8 Å². The van der Waals surface area contributed by atoms with Crippen LogP contribution in [0.5, 0.6) is 0 Å². The maximum Gasteiger partial charge on any atom is 0.187 e. The molecule has 81 heavy (non-hydrogen) atoms. The molecule has 7 heterocycles. The first-order valence-corrected chi connectivity index (χ1v) is 29.5. The molecule has 26 heteroatoms. The quantitative estimate of drug-likeness (QED) is 0.0840. The van der Waals surface area contributed by atoms with Crippen LogP contribution in [0.2, 0.25) is 0 Å². The molecule has 464 valence electrons. The number of rotatable bonds is 12. The number of ketones is 1. The predicted molar refractivity (Wildman–Crippen MR) is 268 cm³/mol. The molecule has 13 N–H and O–H groups in total.